The fraction of sp³-hybridized carbons (Fsp3) is 0.579. The quantitative estimate of drug-likeness (QED) is 0.327. The second-order valence-corrected chi connectivity index (χ2v) is 6.33. The van der Waals surface area contributed by atoms with Crippen LogP contribution in [0.3, 0.4) is 0 Å². The van der Waals surface area contributed by atoms with E-state index >= 15 is 0 Å². The third-order valence-corrected chi connectivity index (χ3v) is 4.75. The van der Waals surface area contributed by atoms with Crippen molar-refractivity contribution in [3.63, 3.8) is 0 Å². The molecule has 0 aliphatic heterocycles. The molecule has 2 aliphatic carbocycles. The summed E-state index contributed by atoms with van der Waals surface area (Å²) in [6.45, 7) is 9.84. The van der Waals surface area contributed by atoms with Gasteiger partial charge in [0.2, 0.25) is 0 Å². The van der Waals surface area contributed by atoms with Crippen LogP contribution in [0.15, 0.2) is 41.5 Å². The van der Waals surface area contributed by atoms with Gasteiger partial charge < -0.3 is 29.6 Å². The minimum atomic E-state index is -0.228. The summed E-state index contributed by atoms with van der Waals surface area (Å²) in [7, 11) is 0. The van der Waals surface area contributed by atoms with Crippen LogP contribution in [0.5, 0.6) is 0 Å². The average molecular weight is 390 g/mol. The van der Waals surface area contributed by atoms with E-state index in [1.54, 1.807) is 0 Å². The van der Waals surface area contributed by atoms with Gasteiger partial charge in [0.05, 0.1) is 5.60 Å². The van der Waals surface area contributed by atoms with Crippen molar-refractivity contribution in [3.8, 4) is 0 Å². The van der Waals surface area contributed by atoms with Crippen LogP contribution in [0.25, 0.3) is 0 Å². The van der Waals surface area contributed by atoms with Gasteiger partial charge in [-0.05, 0) is 30.8 Å². The van der Waals surface area contributed by atoms with Crippen molar-refractivity contribution in [2.45, 2.75) is 59.0 Å². The molecule has 23 heavy (non-hydrogen) atoms. The molecule has 1 atom stereocenters. The van der Waals surface area contributed by atoms with Crippen LogP contribution in [0.2, 0.25) is 0 Å². The predicted octanol–water partition coefficient (Wildman–Crippen LogP) is -0.831. The second-order valence-electron chi connectivity index (χ2n) is 6.33. The summed E-state index contributed by atoms with van der Waals surface area (Å²) in [6.07, 6.45) is 18.7. The number of halogens is 2. The number of hydrogen-bond donors (Lipinski definition) is 0. The van der Waals surface area contributed by atoms with Crippen molar-refractivity contribution >= 4 is 0 Å². The van der Waals surface area contributed by atoms with Gasteiger partial charge in [0, 0.05) is 6.61 Å². The number of hydrogen-bond acceptors (Lipinski definition) is 1. The Bertz CT molecular complexity index is 478. The maximum atomic E-state index is 6.49. The van der Waals surface area contributed by atoms with Crippen molar-refractivity contribution in [2.75, 3.05) is 6.61 Å². The molecule has 0 aromatic heterocycles. The number of ether oxygens (including phenoxy) is 1. The first kappa shape index (κ1) is 25.5. The summed E-state index contributed by atoms with van der Waals surface area (Å²) in [5.41, 5.74) is 2.33. The van der Waals surface area contributed by atoms with Crippen LogP contribution in [0, 0.1) is 11.5 Å². The van der Waals surface area contributed by atoms with Crippen molar-refractivity contribution in [3.05, 3.63) is 47.6 Å². The summed E-state index contributed by atoms with van der Waals surface area (Å²) < 4.78 is 6.49. The molecule has 1 radical (unpaired) electrons. The van der Waals surface area contributed by atoms with Crippen molar-refractivity contribution in [1.82, 2.24) is 0 Å². The Kier molecular flexibility index (Phi) is 12.1. The maximum Gasteiger partial charge on any atom is 3.00 e. The van der Waals surface area contributed by atoms with Crippen LogP contribution < -0.4 is 24.8 Å². The summed E-state index contributed by atoms with van der Waals surface area (Å²) in [4.78, 5) is 0. The number of rotatable bonds is 6. The molecule has 0 spiro atoms. The molecule has 0 aromatic rings. The van der Waals surface area contributed by atoms with Crippen LogP contribution >= 0.6 is 0 Å². The van der Waals surface area contributed by atoms with Crippen LogP contribution in [0.4, 0.5) is 0 Å². The molecule has 2 rings (SSSR count). The Morgan fingerprint density at radius 2 is 1.96 bits per heavy atom. The monoisotopic (exact) mass is 389 g/mol. The zero-order valence-corrected chi connectivity index (χ0v) is 17.7. The standard InChI is InChI=1S/C19H27O.2ClH.Ti/c1-5-6-15-20-19(14-10-9-11-16(19)2)18(3,4)17-12-7-8-13-17;;;/h7,9-12H,5-6,8,14-15H2,1-4H3;2*1H;/q-1;;;+3/p-2. The van der Waals surface area contributed by atoms with Gasteiger partial charge in [-0.25, -0.2) is 11.6 Å². The Labute approximate surface area is 169 Å². The Morgan fingerprint density at radius 1 is 1.26 bits per heavy atom. The molecule has 0 fully saturated rings. The van der Waals surface area contributed by atoms with Crippen LogP contribution in [-0.2, 0) is 26.5 Å². The first-order chi connectivity index (χ1) is 9.54. The topological polar surface area (TPSA) is 9.23 Å². The largest absolute Gasteiger partial charge is 3.00 e. The normalized spacial score (nSPS) is 22.4. The first-order valence-electron chi connectivity index (χ1n) is 7.80. The zero-order chi connectivity index (χ0) is 14.6. The average Bonchev–Trinajstić information content (AvgIpc) is 2.96. The fourth-order valence-electron chi connectivity index (χ4n) is 3.29. The van der Waals surface area contributed by atoms with Gasteiger partial charge in [0.1, 0.15) is 0 Å². The van der Waals surface area contributed by atoms with E-state index in [1.165, 1.54) is 17.6 Å². The van der Waals surface area contributed by atoms with Crippen LogP contribution in [-0.4, -0.2) is 12.2 Å². The Hall–Kier alpha value is 0.214. The molecule has 1 nitrogen and oxygen atoms in total. The first-order valence-corrected chi connectivity index (χ1v) is 7.80. The van der Waals surface area contributed by atoms with E-state index in [0.29, 0.717) is 0 Å². The van der Waals surface area contributed by atoms with E-state index in [9.17, 15) is 0 Å². The van der Waals surface area contributed by atoms with E-state index in [1.807, 2.05) is 0 Å². The SMILES string of the molecule is CCCCOC1(C(C)(C)C2=[C-]CC=C2)CC=CC=C1C.[Cl-].[Cl-].[Ti+3]. The Balaban J connectivity index is 0. The molecular weight excluding hydrogens is 363 g/mol. The second kappa shape index (κ2) is 11.0. The number of unbranched alkanes of at least 4 members (excludes halogenated alkanes) is 1. The summed E-state index contributed by atoms with van der Waals surface area (Å²) in [6, 6.07) is 0. The van der Waals surface area contributed by atoms with Gasteiger partial charge in [0.25, 0.3) is 0 Å². The number of allylic oxidation sites excluding steroid dienone is 5. The van der Waals surface area contributed by atoms with Crippen LogP contribution in [0.1, 0.15) is 53.4 Å². The van der Waals surface area contributed by atoms with E-state index in [-0.39, 0.29) is 57.5 Å². The van der Waals surface area contributed by atoms with E-state index < -0.39 is 0 Å². The molecular formula is C19H27Cl2OTi. The molecule has 0 saturated carbocycles. The van der Waals surface area contributed by atoms with Gasteiger partial charge in [-0.2, -0.15) is 6.08 Å². The molecule has 0 aromatic carbocycles. The van der Waals surface area contributed by atoms with E-state index in [0.717, 1.165) is 25.9 Å². The third-order valence-electron chi connectivity index (χ3n) is 4.75. The van der Waals surface area contributed by atoms with Crippen molar-refractivity contribution < 1.29 is 51.3 Å². The van der Waals surface area contributed by atoms with Crippen molar-refractivity contribution in [1.29, 1.82) is 0 Å². The molecule has 0 heterocycles. The van der Waals surface area contributed by atoms with E-state index in [4.69, 9.17) is 4.74 Å². The molecule has 0 saturated heterocycles. The molecule has 1 unspecified atom stereocenters. The maximum absolute atomic E-state index is 6.49. The molecule has 0 bridgehead atoms. The third kappa shape index (κ3) is 5.09. The molecule has 4 heteroatoms. The molecule has 0 amide bonds. The van der Waals surface area contributed by atoms with Gasteiger partial charge in [-0.3, -0.25) is 6.08 Å². The van der Waals surface area contributed by atoms with Gasteiger partial charge >= 0.3 is 21.7 Å². The van der Waals surface area contributed by atoms with Gasteiger partial charge in [-0.15, -0.1) is 6.42 Å². The predicted molar refractivity (Wildman–Crippen MR) is 85.4 cm³/mol. The minimum absolute atomic E-state index is 0. The summed E-state index contributed by atoms with van der Waals surface area (Å²) >= 11 is 0. The smallest absolute Gasteiger partial charge is 1.00 e. The minimum Gasteiger partial charge on any atom is -1.00 e. The molecule has 2 aliphatic rings. The molecule has 0 N–H and O–H groups in total. The van der Waals surface area contributed by atoms with Crippen molar-refractivity contribution in [2.24, 2.45) is 5.41 Å². The van der Waals surface area contributed by atoms with Gasteiger partial charge in [0.15, 0.2) is 0 Å². The fourth-order valence-corrected chi connectivity index (χ4v) is 3.29. The molecule has 127 valence electrons. The summed E-state index contributed by atoms with van der Waals surface area (Å²) in [5.74, 6) is 0. The Morgan fingerprint density at radius 3 is 2.48 bits per heavy atom. The van der Waals surface area contributed by atoms with Gasteiger partial charge in [-0.1, -0.05) is 45.4 Å². The van der Waals surface area contributed by atoms with E-state index in [2.05, 4.69) is 64.2 Å². The zero-order valence-electron chi connectivity index (χ0n) is 14.6. The summed E-state index contributed by atoms with van der Waals surface area (Å²) in [5, 5.41) is 0.